The van der Waals surface area contributed by atoms with E-state index in [1.165, 1.54) is 25.0 Å². The van der Waals surface area contributed by atoms with Crippen LogP contribution in [0, 0.1) is 11.7 Å². The molecule has 1 aromatic carbocycles. The van der Waals surface area contributed by atoms with Gasteiger partial charge in [-0.25, -0.2) is 4.39 Å². The quantitative estimate of drug-likeness (QED) is 0.786. The highest BCUT2D eigenvalue weighted by molar-refractivity contribution is 7.90. The van der Waals surface area contributed by atoms with Crippen LogP contribution in [0.25, 0.3) is 0 Å². The van der Waals surface area contributed by atoms with Gasteiger partial charge in [0.1, 0.15) is 16.3 Å². The Morgan fingerprint density at radius 3 is 2.67 bits per heavy atom. The van der Waals surface area contributed by atoms with E-state index >= 15 is 0 Å². The summed E-state index contributed by atoms with van der Waals surface area (Å²) < 4.78 is 33.8. The zero-order valence-corrected chi connectivity index (χ0v) is 13.8. The molecule has 118 valence electrons. The van der Waals surface area contributed by atoms with Gasteiger partial charge in [-0.3, -0.25) is 0 Å². The van der Waals surface area contributed by atoms with Gasteiger partial charge in [-0.05, 0) is 63.6 Å². The second kappa shape index (κ2) is 6.99. The van der Waals surface area contributed by atoms with Crippen LogP contribution in [0.4, 0.5) is 4.39 Å². The number of hydrogen-bond acceptors (Lipinski definition) is 3. The van der Waals surface area contributed by atoms with Gasteiger partial charge in [0.05, 0.1) is 6.61 Å². The fourth-order valence-corrected chi connectivity index (χ4v) is 2.57. The van der Waals surface area contributed by atoms with Gasteiger partial charge in [-0.1, -0.05) is 0 Å². The summed E-state index contributed by atoms with van der Waals surface area (Å²) in [6.45, 7) is 6.98. The van der Waals surface area contributed by atoms with Crippen LogP contribution in [0.5, 0.6) is 5.75 Å². The van der Waals surface area contributed by atoms with Gasteiger partial charge >= 0.3 is 0 Å². The van der Waals surface area contributed by atoms with E-state index in [-0.39, 0.29) is 10.6 Å². The summed E-state index contributed by atoms with van der Waals surface area (Å²) in [5, 5.41) is 0. The average Bonchev–Trinajstić information content (AvgIpc) is 3.18. The van der Waals surface area contributed by atoms with Crippen LogP contribution in [0.2, 0.25) is 0 Å². The standard InChI is InChI=1S/C16H24FNO2S/c1-16(2,3)21(19)18-7-6-13-8-14(17)10-15(9-13)20-11-12-4-5-12/h8-10,12,18H,4-7,11H2,1-3H3. The van der Waals surface area contributed by atoms with Crippen molar-refractivity contribution in [3.05, 3.63) is 29.6 Å². The summed E-state index contributed by atoms with van der Waals surface area (Å²) in [5.74, 6) is 0.955. The average molecular weight is 313 g/mol. The van der Waals surface area contributed by atoms with Crippen molar-refractivity contribution in [2.75, 3.05) is 13.2 Å². The monoisotopic (exact) mass is 313 g/mol. The lowest BCUT2D eigenvalue weighted by Gasteiger charge is -2.23. The normalized spacial score (nSPS) is 16.8. The van der Waals surface area contributed by atoms with Crippen LogP contribution < -0.4 is 9.46 Å². The minimum Gasteiger partial charge on any atom is -0.598 e. The van der Waals surface area contributed by atoms with Gasteiger partial charge in [0.15, 0.2) is 0 Å². The Morgan fingerprint density at radius 1 is 1.33 bits per heavy atom. The van der Waals surface area contributed by atoms with Gasteiger partial charge in [-0.2, -0.15) is 0 Å². The molecule has 21 heavy (non-hydrogen) atoms. The van der Waals surface area contributed by atoms with Gasteiger partial charge in [0.2, 0.25) is 0 Å². The van der Waals surface area contributed by atoms with Crippen molar-refractivity contribution in [3.8, 4) is 5.75 Å². The lowest BCUT2D eigenvalue weighted by Crippen LogP contribution is -2.40. The molecular weight excluding hydrogens is 289 g/mol. The van der Waals surface area contributed by atoms with Crippen LogP contribution in [0.1, 0.15) is 39.2 Å². The molecule has 0 heterocycles. The highest BCUT2D eigenvalue weighted by Gasteiger charge is 2.25. The highest BCUT2D eigenvalue weighted by Crippen LogP contribution is 2.30. The third-order valence-electron chi connectivity index (χ3n) is 3.32. The largest absolute Gasteiger partial charge is 0.598 e. The number of rotatable bonds is 7. The molecule has 0 saturated heterocycles. The Morgan fingerprint density at radius 2 is 2.05 bits per heavy atom. The minimum atomic E-state index is -1.10. The molecule has 2 rings (SSSR count). The molecule has 0 radical (unpaired) electrons. The van der Waals surface area contributed by atoms with Crippen molar-refractivity contribution in [3.63, 3.8) is 0 Å². The molecule has 0 amide bonds. The summed E-state index contributed by atoms with van der Waals surface area (Å²) >= 11 is -1.10. The Labute approximate surface area is 129 Å². The third kappa shape index (κ3) is 5.85. The van der Waals surface area contributed by atoms with Gasteiger partial charge in [0.25, 0.3) is 0 Å². The molecule has 1 unspecified atom stereocenters. The van der Waals surface area contributed by atoms with Crippen LogP contribution >= 0.6 is 0 Å². The molecule has 1 atom stereocenters. The number of benzene rings is 1. The van der Waals surface area contributed by atoms with E-state index in [4.69, 9.17) is 4.74 Å². The molecule has 0 aromatic heterocycles. The van der Waals surface area contributed by atoms with Crippen molar-refractivity contribution in [2.24, 2.45) is 5.92 Å². The van der Waals surface area contributed by atoms with Crippen LogP contribution in [0.15, 0.2) is 18.2 Å². The van der Waals surface area contributed by atoms with Crippen LogP contribution in [-0.4, -0.2) is 22.5 Å². The van der Waals surface area contributed by atoms with Crippen molar-refractivity contribution >= 4 is 11.4 Å². The first kappa shape index (κ1) is 16.6. The molecule has 0 aliphatic heterocycles. The van der Waals surface area contributed by atoms with Crippen molar-refractivity contribution in [1.29, 1.82) is 0 Å². The first-order valence-electron chi connectivity index (χ1n) is 7.42. The third-order valence-corrected chi connectivity index (χ3v) is 4.90. The predicted molar refractivity (Wildman–Crippen MR) is 84.2 cm³/mol. The van der Waals surface area contributed by atoms with Crippen molar-refractivity contribution in [2.45, 2.75) is 44.8 Å². The molecule has 3 nitrogen and oxygen atoms in total. The fraction of sp³-hybridized carbons (Fsp3) is 0.625. The van der Waals surface area contributed by atoms with E-state index in [1.54, 1.807) is 0 Å². The molecule has 1 aliphatic rings. The van der Waals surface area contributed by atoms with E-state index in [9.17, 15) is 8.94 Å². The molecule has 1 fully saturated rings. The minimum absolute atomic E-state index is 0.282. The molecule has 1 N–H and O–H groups in total. The maximum absolute atomic E-state index is 13.6. The smallest absolute Gasteiger partial charge is 0.136 e. The molecule has 0 bridgehead atoms. The summed E-state index contributed by atoms with van der Waals surface area (Å²) in [5.41, 5.74) is 0.860. The Balaban J connectivity index is 1.84. The molecule has 5 heteroatoms. The Kier molecular flexibility index (Phi) is 5.52. The SMILES string of the molecule is CC(C)(C)[S+]([O-])NCCc1cc(F)cc(OCC2CC2)c1. The Hall–Kier alpha value is -0.780. The molecule has 0 spiro atoms. The fourth-order valence-electron chi connectivity index (χ4n) is 1.85. The van der Waals surface area contributed by atoms with E-state index < -0.39 is 11.4 Å². The van der Waals surface area contributed by atoms with Gasteiger partial charge < -0.3 is 9.29 Å². The number of nitrogens with one attached hydrogen (secondary N) is 1. The maximum Gasteiger partial charge on any atom is 0.136 e. The summed E-state index contributed by atoms with van der Waals surface area (Å²) in [7, 11) is 0. The van der Waals surface area contributed by atoms with E-state index in [0.29, 0.717) is 31.2 Å². The molecular formula is C16H24FNO2S. The first-order chi connectivity index (χ1) is 9.84. The van der Waals surface area contributed by atoms with E-state index in [0.717, 1.165) is 5.56 Å². The number of hydrogen-bond donors (Lipinski definition) is 1. The van der Waals surface area contributed by atoms with Crippen LogP contribution in [0.3, 0.4) is 0 Å². The second-order valence-electron chi connectivity index (χ2n) is 6.57. The highest BCUT2D eigenvalue weighted by atomic mass is 32.2. The number of ether oxygens (including phenoxy) is 1. The van der Waals surface area contributed by atoms with Crippen molar-refractivity contribution in [1.82, 2.24) is 4.72 Å². The molecule has 1 aliphatic carbocycles. The summed E-state index contributed by atoms with van der Waals surface area (Å²) in [6, 6.07) is 4.80. The van der Waals surface area contributed by atoms with E-state index in [2.05, 4.69) is 4.72 Å². The second-order valence-corrected chi connectivity index (χ2v) is 8.63. The first-order valence-corrected chi connectivity index (χ1v) is 8.57. The maximum atomic E-state index is 13.6. The summed E-state index contributed by atoms with van der Waals surface area (Å²) in [4.78, 5) is 0. The van der Waals surface area contributed by atoms with Gasteiger partial charge in [0, 0.05) is 24.0 Å². The number of halogens is 1. The van der Waals surface area contributed by atoms with E-state index in [1.807, 2.05) is 26.8 Å². The summed E-state index contributed by atoms with van der Waals surface area (Å²) in [6.07, 6.45) is 3.05. The van der Waals surface area contributed by atoms with Crippen LogP contribution in [-0.2, 0) is 17.8 Å². The molecule has 1 saturated carbocycles. The lowest BCUT2D eigenvalue weighted by atomic mass is 10.1. The van der Waals surface area contributed by atoms with Crippen molar-refractivity contribution < 1.29 is 13.7 Å². The topological polar surface area (TPSA) is 44.3 Å². The molecule has 1 aromatic rings. The van der Waals surface area contributed by atoms with Gasteiger partial charge in [-0.15, -0.1) is 4.72 Å². The zero-order valence-electron chi connectivity index (χ0n) is 12.9. The lowest BCUT2D eigenvalue weighted by molar-refractivity contribution is 0.298. The Bertz CT molecular complexity index is 472. The predicted octanol–water partition coefficient (Wildman–Crippen LogP) is 3.21. The zero-order chi connectivity index (χ0) is 15.5.